The first-order valence-electron chi connectivity index (χ1n) is 7.87. The van der Waals surface area contributed by atoms with Gasteiger partial charge in [0.2, 0.25) is 0 Å². The van der Waals surface area contributed by atoms with E-state index in [1.807, 2.05) is 0 Å². The summed E-state index contributed by atoms with van der Waals surface area (Å²) in [5.74, 6) is -0.737. The second-order valence-corrected chi connectivity index (χ2v) is 5.01. The first kappa shape index (κ1) is 21.6. The van der Waals surface area contributed by atoms with E-state index in [1.165, 1.54) is 12.1 Å². The van der Waals surface area contributed by atoms with Crippen LogP contribution in [0.5, 0.6) is 0 Å². The molecule has 9 nitrogen and oxygen atoms in total. The van der Waals surface area contributed by atoms with E-state index in [4.69, 9.17) is 25.5 Å². The Bertz CT molecular complexity index is 755. The van der Waals surface area contributed by atoms with Crippen LogP contribution in [-0.4, -0.2) is 40.5 Å². The predicted molar refractivity (Wildman–Crippen MR) is 97.7 cm³/mol. The molecule has 1 aromatic carbocycles. The van der Waals surface area contributed by atoms with Crippen molar-refractivity contribution < 1.29 is 28.9 Å². The van der Waals surface area contributed by atoms with E-state index < -0.39 is 18.7 Å². The number of carbonyl (C=O) groups excluding carboxylic acids is 1. The van der Waals surface area contributed by atoms with Crippen molar-refractivity contribution in [2.75, 3.05) is 29.6 Å². The monoisotopic (exact) mass is 380 g/mol. The number of rotatable bonds is 6. The number of benzene rings is 1. The standard InChI is InChI=1S/C15H17FN4O2.C2H4O3/c1-2-22-15(21)19-12-7-8-13(20-14(12)17)18-9-10-3-5-11(16)6-4-10;3-1-2(4)5/h3-8H,2,9H2,1H3,(H,19,21)(H3,17,18,20);3H,1H2,(H,4,5). The number of aliphatic hydroxyl groups is 1. The van der Waals surface area contributed by atoms with Crippen molar-refractivity contribution in [3.8, 4) is 0 Å². The zero-order valence-corrected chi connectivity index (χ0v) is 14.6. The van der Waals surface area contributed by atoms with Gasteiger partial charge >= 0.3 is 12.1 Å². The molecule has 0 bridgehead atoms. The number of halogens is 1. The molecule has 1 amide bonds. The van der Waals surface area contributed by atoms with E-state index in [9.17, 15) is 9.18 Å². The van der Waals surface area contributed by atoms with Crippen molar-refractivity contribution in [3.05, 3.63) is 47.8 Å². The predicted octanol–water partition coefficient (Wildman–Crippen LogP) is 2.05. The summed E-state index contributed by atoms with van der Waals surface area (Å²) in [6.07, 6.45) is -0.581. The van der Waals surface area contributed by atoms with E-state index in [2.05, 4.69) is 15.6 Å². The molecule has 0 unspecified atom stereocenters. The van der Waals surface area contributed by atoms with Gasteiger partial charge in [-0.2, -0.15) is 0 Å². The molecule has 2 aromatic rings. The zero-order chi connectivity index (χ0) is 20.2. The number of aliphatic carboxylic acids is 1. The fraction of sp³-hybridized carbons (Fsp3) is 0.235. The number of aliphatic hydroxyl groups excluding tert-OH is 1. The fourth-order valence-electron chi connectivity index (χ4n) is 1.75. The average molecular weight is 380 g/mol. The molecule has 0 atom stereocenters. The van der Waals surface area contributed by atoms with Gasteiger partial charge in [0.1, 0.15) is 24.1 Å². The molecule has 0 aliphatic heterocycles. The number of pyridine rings is 1. The minimum Gasteiger partial charge on any atom is -0.480 e. The molecule has 0 radical (unpaired) electrons. The SMILES string of the molecule is CCOC(=O)Nc1ccc(NCc2ccc(F)cc2)nc1N.O=C(O)CO. The average Bonchev–Trinajstić information content (AvgIpc) is 2.64. The van der Waals surface area contributed by atoms with Crippen molar-refractivity contribution >= 4 is 29.4 Å². The second-order valence-electron chi connectivity index (χ2n) is 5.01. The molecule has 1 aromatic heterocycles. The largest absolute Gasteiger partial charge is 0.480 e. The van der Waals surface area contributed by atoms with Gasteiger partial charge in [0.25, 0.3) is 0 Å². The molecule has 0 saturated carbocycles. The van der Waals surface area contributed by atoms with Crippen molar-refractivity contribution in [3.63, 3.8) is 0 Å². The lowest BCUT2D eigenvalue weighted by Crippen LogP contribution is -2.15. The minimum absolute atomic E-state index is 0.178. The van der Waals surface area contributed by atoms with Crippen LogP contribution in [0.25, 0.3) is 0 Å². The van der Waals surface area contributed by atoms with Crippen LogP contribution in [0.2, 0.25) is 0 Å². The molecule has 146 valence electrons. The van der Waals surface area contributed by atoms with Crippen LogP contribution in [0.1, 0.15) is 12.5 Å². The third-order valence-corrected chi connectivity index (χ3v) is 2.96. The normalized spacial score (nSPS) is 9.59. The number of aromatic nitrogens is 1. The third-order valence-electron chi connectivity index (χ3n) is 2.96. The molecule has 1 heterocycles. The number of anilines is 3. The first-order chi connectivity index (χ1) is 12.8. The van der Waals surface area contributed by atoms with Crippen molar-refractivity contribution in [2.24, 2.45) is 0 Å². The van der Waals surface area contributed by atoms with Crippen LogP contribution < -0.4 is 16.4 Å². The fourth-order valence-corrected chi connectivity index (χ4v) is 1.75. The quantitative estimate of drug-likeness (QED) is 0.511. The number of carboxylic acids is 1. The van der Waals surface area contributed by atoms with Gasteiger partial charge in [-0.1, -0.05) is 12.1 Å². The summed E-state index contributed by atoms with van der Waals surface area (Å²) in [6, 6.07) is 9.47. The first-order valence-corrected chi connectivity index (χ1v) is 7.87. The summed E-state index contributed by atoms with van der Waals surface area (Å²) in [4.78, 5) is 24.6. The Labute approximate surface area is 155 Å². The molecule has 0 aliphatic carbocycles. The number of carbonyl (C=O) groups is 2. The van der Waals surface area contributed by atoms with Crippen molar-refractivity contribution in [1.82, 2.24) is 4.98 Å². The summed E-state index contributed by atoms with van der Waals surface area (Å²) >= 11 is 0. The van der Waals surface area contributed by atoms with Gasteiger partial charge < -0.3 is 26.0 Å². The number of nitrogens with one attached hydrogen (secondary N) is 2. The lowest BCUT2D eigenvalue weighted by molar-refractivity contribution is -0.140. The Morgan fingerprint density at radius 1 is 1.22 bits per heavy atom. The topological polar surface area (TPSA) is 147 Å². The maximum absolute atomic E-state index is 12.8. The van der Waals surface area contributed by atoms with Crippen LogP contribution >= 0.6 is 0 Å². The minimum atomic E-state index is -1.19. The highest BCUT2D eigenvalue weighted by Crippen LogP contribution is 2.19. The van der Waals surface area contributed by atoms with Crippen molar-refractivity contribution in [2.45, 2.75) is 13.5 Å². The van der Waals surface area contributed by atoms with E-state index >= 15 is 0 Å². The molecule has 27 heavy (non-hydrogen) atoms. The van der Waals surface area contributed by atoms with Gasteiger partial charge in [-0.25, -0.2) is 19.0 Å². The molecular weight excluding hydrogens is 359 g/mol. The maximum Gasteiger partial charge on any atom is 0.411 e. The number of nitrogens with zero attached hydrogens (tertiary/aromatic N) is 1. The number of amides is 1. The molecule has 0 fully saturated rings. The Morgan fingerprint density at radius 3 is 2.37 bits per heavy atom. The highest BCUT2D eigenvalue weighted by atomic mass is 19.1. The van der Waals surface area contributed by atoms with Gasteiger partial charge in [-0.05, 0) is 36.8 Å². The highest BCUT2D eigenvalue weighted by Gasteiger charge is 2.07. The summed E-state index contributed by atoms with van der Waals surface area (Å²) in [6.45, 7) is 1.69. The maximum atomic E-state index is 12.8. The summed E-state index contributed by atoms with van der Waals surface area (Å²) in [7, 11) is 0. The van der Waals surface area contributed by atoms with E-state index in [1.54, 1.807) is 31.2 Å². The molecular formula is C17H21FN4O5. The smallest absolute Gasteiger partial charge is 0.411 e. The lowest BCUT2D eigenvalue weighted by Gasteiger charge is -2.10. The van der Waals surface area contributed by atoms with Gasteiger partial charge in [0.15, 0.2) is 0 Å². The third kappa shape index (κ3) is 8.50. The van der Waals surface area contributed by atoms with Crippen LogP contribution in [0.3, 0.4) is 0 Å². The molecule has 0 spiro atoms. The van der Waals surface area contributed by atoms with Gasteiger partial charge in [-0.3, -0.25) is 5.32 Å². The summed E-state index contributed by atoms with van der Waals surface area (Å²) in [5, 5.41) is 20.6. The number of nitrogen functional groups attached to an aromatic ring is 1. The van der Waals surface area contributed by atoms with Crippen LogP contribution in [-0.2, 0) is 16.1 Å². The Balaban J connectivity index is 0.000000646. The number of ether oxygens (including phenoxy) is 1. The molecule has 0 saturated heterocycles. The van der Waals surface area contributed by atoms with E-state index in [0.29, 0.717) is 18.1 Å². The summed E-state index contributed by atoms with van der Waals surface area (Å²) < 4.78 is 17.6. The number of hydrogen-bond donors (Lipinski definition) is 5. The van der Waals surface area contributed by atoms with Crippen LogP contribution in [0, 0.1) is 5.82 Å². The molecule has 2 rings (SSSR count). The van der Waals surface area contributed by atoms with Crippen LogP contribution in [0.15, 0.2) is 36.4 Å². The van der Waals surface area contributed by atoms with Crippen molar-refractivity contribution in [1.29, 1.82) is 0 Å². The molecule has 6 N–H and O–H groups in total. The highest BCUT2D eigenvalue weighted by molar-refractivity contribution is 5.88. The van der Waals surface area contributed by atoms with Gasteiger partial charge in [-0.15, -0.1) is 0 Å². The Kier molecular flexibility index (Phi) is 9.03. The molecule has 10 heteroatoms. The number of carboxylic acid groups (broad SMARTS) is 1. The Morgan fingerprint density at radius 2 is 1.85 bits per heavy atom. The Hall–Kier alpha value is -3.40. The number of nitrogens with two attached hydrogens (primary N) is 1. The zero-order valence-electron chi connectivity index (χ0n) is 14.6. The van der Waals surface area contributed by atoms with Gasteiger partial charge in [0, 0.05) is 6.54 Å². The number of hydrogen-bond acceptors (Lipinski definition) is 7. The van der Waals surface area contributed by atoms with Gasteiger partial charge in [0.05, 0.1) is 12.3 Å². The van der Waals surface area contributed by atoms with E-state index in [-0.39, 0.29) is 18.2 Å². The summed E-state index contributed by atoms with van der Waals surface area (Å²) in [5.41, 5.74) is 7.08. The van der Waals surface area contributed by atoms with Crippen LogP contribution in [0.4, 0.5) is 26.5 Å². The molecule has 0 aliphatic rings. The lowest BCUT2D eigenvalue weighted by atomic mass is 10.2. The van der Waals surface area contributed by atoms with E-state index in [0.717, 1.165) is 5.56 Å². The second kappa shape index (κ2) is 11.3.